The van der Waals surface area contributed by atoms with Gasteiger partial charge in [0.15, 0.2) is 0 Å². The maximum atomic E-state index is 5.97. The van der Waals surface area contributed by atoms with Crippen LogP contribution in [-0.4, -0.2) is 6.04 Å². The first kappa shape index (κ1) is 7.35. The van der Waals surface area contributed by atoms with E-state index in [0.29, 0.717) is 11.5 Å². The smallest absolute Gasteiger partial charge is 0.00472 e. The van der Waals surface area contributed by atoms with E-state index in [1.165, 1.54) is 44.1 Å². The third-order valence-corrected chi connectivity index (χ3v) is 3.15. The molecule has 1 heteroatoms. The van der Waals surface area contributed by atoms with E-state index in [1.807, 2.05) is 0 Å². The van der Waals surface area contributed by atoms with Crippen molar-refractivity contribution in [2.45, 2.75) is 44.6 Å². The summed E-state index contributed by atoms with van der Waals surface area (Å²) in [5.41, 5.74) is 8.04. The molecule has 11 heavy (non-hydrogen) atoms. The van der Waals surface area contributed by atoms with E-state index >= 15 is 0 Å². The van der Waals surface area contributed by atoms with Crippen LogP contribution < -0.4 is 5.73 Å². The molecule has 2 saturated carbocycles. The highest BCUT2D eigenvalue weighted by atomic mass is 14.7. The van der Waals surface area contributed by atoms with Gasteiger partial charge in [-0.1, -0.05) is 12.2 Å². The van der Waals surface area contributed by atoms with E-state index in [4.69, 9.17) is 5.73 Å². The van der Waals surface area contributed by atoms with Crippen molar-refractivity contribution < 1.29 is 0 Å². The molecule has 2 aliphatic carbocycles. The van der Waals surface area contributed by atoms with Crippen LogP contribution in [0.15, 0.2) is 12.2 Å². The lowest BCUT2D eigenvalue weighted by atomic mass is 9.94. The molecule has 2 aliphatic rings. The second-order valence-corrected chi connectivity index (χ2v) is 4.43. The van der Waals surface area contributed by atoms with Crippen LogP contribution in [-0.2, 0) is 0 Å². The molecule has 0 aromatic carbocycles. The summed E-state index contributed by atoms with van der Waals surface area (Å²) >= 11 is 0. The largest absolute Gasteiger partial charge is 0.328 e. The molecular weight excluding hydrogens is 134 g/mol. The Labute approximate surface area is 68.7 Å². The van der Waals surface area contributed by atoms with E-state index in [2.05, 4.69) is 6.58 Å². The van der Waals surface area contributed by atoms with Gasteiger partial charge in [-0.3, -0.25) is 0 Å². The summed E-state index contributed by atoms with van der Waals surface area (Å²) in [5, 5.41) is 0. The average Bonchev–Trinajstić information content (AvgIpc) is 2.66. The topological polar surface area (TPSA) is 26.0 Å². The van der Waals surface area contributed by atoms with Crippen LogP contribution in [0.1, 0.15) is 38.5 Å². The molecule has 0 heterocycles. The van der Waals surface area contributed by atoms with Crippen molar-refractivity contribution in [3.05, 3.63) is 12.2 Å². The maximum absolute atomic E-state index is 5.97. The molecule has 2 rings (SSSR count). The third kappa shape index (κ3) is 1.48. The fourth-order valence-electron chi connectivity index (χ4n) is 2.30. The zero-order valence-electron chi connectivity index (χ0n) is 7.10. The van der Waals surface area contributed by atoms with Crippen LogP contribution in [0, 0.1) is 5.41 Å². The highest BCUT2D eigenvalue weighted by Crippen LogP contribution is 2.55. The van der Waals surface area contributed by atoms with Gasteiger partial charge in [0.25, 0.3) is 0 Å². The molecule has 1 nitrogen and oxygen atoms in total. The Bertz CT molecular complexity index is 179. The van der Waals surface area contributed by atoms with Crippen molar-refractivity contribution in [1.82, 2.24) is 0 Å². The Kier molecular flexibility index (Phi) is 1.57. The second-order valence-electron chi connectivity index (χ2n) is 4.43. The Balaban J connectivity index is 2.06. The summed E-state index contributed by atoms with van der Waals surface area (Å²) in [7, 11) is 0. The fraction of sp³-hybridized carbons (Fsp3) is 0.800. The molecule has 0 amide bonds. The Morgan fingerprint density at radius 1 is 1.45 bits per heavy atom. The van der Waals surface area contributed by atoms with Crippen LogP contribution >= 0.6 is 0 Å². The first-order chi connectivity index (χ1) is 5.20. The Morgan fingerprint density at radius 3 is 2.82 bits per heavy atom. The first-order valence-corrected chi connectivity index (χ1v) is 4.62. The van der Waals surface area contributed by atoms with Crippen LogP contribution in [0.3, 0.4) is 0 Å². The van der Waals surface area contributed by atoms with E-state index in [-0.39, 0.29) is 0 Å². The van der Waals surface area contributed by atoms with E-state index in [9.17, 15) is 0 Å². The molecule has 2 N–H and O–H groups in total. The summed E-state index contributed by atoms with van der Waals surface area (Å²) < 4.78 is 0. The number of allylic oxidation sites excluding steroid dienone is 1. The van der Waals surface area contributed by atoms with Crippen molar-refractivity contribution in [2.24, 2.45) is 11.1 Å². The van der Waals surface area contributed by atoms with E-state index < -0.39 is 0 Å². The van der Waals surface area contributed by atoms with Gasteiger partial charge < -0.3 is 5.73 Å². The van der Waals surface area contributed by atoms with Gasteiger partial charge in [-0.05, 0) is 43.9 Å². The predicted octanol–water partition coefficient (Wildman–Crippen LogP) is 2.22. The molecular formula is C10H17N. The van der Waals surface area contributed by atoms with Gasteiger partial charge in [-0.25, -0.2) is 0 Å². The number of hydrogen-bond donors (Lipinski definition) is 1. The second kappa shape index (κ2) is 2.34. The van der Waals surface area contributed by atoms with Crippen molar-refractivity contribution >= 4 is 0 Å². The third-order valence-electron chi connectivity index (χ3n) is 3.15. The lowest BCUT2D eigenvalue weighted by molar-refractivity contribution is 0.427. The SMILES string of the molecule is C=C1CC[C@H](N)CC2(CC2)C1. The summed E-state index contributed by atoms with van der Waals surface area (Å²) in [5.74, 6) is 0. The predicted molar refractivity (Wildman–Crippen MR) is 47.3 cm³/mol. The normalized spacial score (nSPS) is 35.4. The highest BCUT2D eigenvalue weighted by Gasteiger charge is 2.44. The van der Waals surface area contributed by atoms with Crippen molar-refractivity contribution in [1.29, 1.82) is 0 Å². The van der Waals surface area contributed by atoms with Gasteiger partial charge >= 0.3 is 0 Å². The standard InChI is InChI=1S/C10H17N/c1-8-2-3-9(11)7-10(6-8)4-5-10/h9H,1-7,11H2/t9-/m0/s1. The molecule has 0 bridgehead atoms. The summed E-state index contributed by atoms with van der Waals surface area (Å²) in [6.45, 7) is 4.09. The fourth-order valence-corrected chi connectivity index (χ4v) is 2.30. The molecule has 0 aliphatic heterocycles. The van der Waals surface area contributed by atoms with Crippen LogP contribution in [0.4, 0.5) is 0 Å². The number of hydrogen-bond acceptors (Lipinski definition) is 1. The van der Waals surface area contributed by atoms with Gasteiger partial charge in [0.2, 0.25) is 0 Å². The Morgan fingerprint density at radius 2 is 2.18 bits per heavy atom. The molecule has 0 radical (unpaired) electrons. The molecule has 2 fully saturated rings. The summed E-state index contributed by atoms with van der Waals surface area (Å²) in [4.78, 5) is 0. The van der Waals surface area contributed by atoms with Gasteiger partial charge in [-0.2, -0.15) is 0 Å². The van der Waals surface area contributed by atoms with E-state index in [1.54, 1.807) is 0 Å². The van der Waals surface area contributed by atoms with Gasteiger partial charge in [0.05, 0.1) is 0 Å². The number of rotatable bonds is 0. The molecule has 1 spiro atoms. The monoisotopic (exact) mass is 151 g/mol. The molecule has 0 aromatic heterocycles. The van der Waals surface area contributed by atoms with Crippen molar-refractivity contribution in [3.8, 4) is 0 Å². The maximum Gasteiger partial charge on any atom is 0.00472 e. The first-order valence-electron chi connectivity index (χ1n) is 4.62. The minimum absolute atomic E-state index is 0.455. The molecule has 0 saturated heterocycles. The van der Waals surface area contributed by atoms with Gasteiger partial charge in [0, 0.05) is 6.04 Å². The van der Waals surface area contributed by atoms with Gasteiger partial charge in [-0.15, -0.1) is 0 Å². The van der Waals surface area contributed by atoms with Crippen LogP contribution in [0.2, 0.25) is 0 Å². The van der Waals surface area contributed by atoms with Crippen molar-refractivity contribution in [2.75, 3.05) is 0 Å². The average molecular weight is 151 g/mol. The Hall–Kier alpha value is -0.300. The van der Waals surface area contributed by atoms with Crippen LogP contribution in [0.25, 0.3) is 0 Å². The zero-order valence-corrected chi connectivity index (χ0v) is 7.10. The minimum atomic E-state index is 0.455. The van der Waals surface area contributed by atoms with Crippen LogP contribution in [0.5, 0.6) is 0 Å². The minimum Gasteiger partial charge on any atom is -0.328 e. The summed E-state index contributed by atoms with van der Waals surface area (Å²) in [6.07, 6.45) is 7.66. The summed E-state index contributed by atoms with van der Waals surface area (Å²) in [6, 6.07) is 0.455. The quantitative estimate of drug-likeness (QED) is 0.528. The zero-order chi connectivity index (χ0) is 7.90. The lowest BCUT2D eigenvalue weighted by Crippen LogP contribution is -2.21. The molecule has 0 unspecified atom stereocenters. The molecule has 1 atom stereocenters. The lowest BCUT2D eigenvalue weighted by Gasteiger charge is -2.14. The van der Waals surface area contributed by atoms with E-state index in [0.717, 1.165) is 0 Å². The van der Waals surface area contributed by atoms with Gasteiger partial charge in [0.1, 0.15) is 0 Å². The van der Waals surface area contributed by atoms with Crippen molar-refractivity contribution in [3.63, 3.8) is 0 Å². The highest BCUT2D eigenvalue weighted by molar-refractivity contribution is 5.10. The molecule has 0 aromatic rings. The molecule has 62 valence electrons. The number of nitrogens with two attached hydrogens (primary N) is 1.